The van der Waals surface area contributed by atoms with Crippen LogP contribution in [0.3, 0.4) is 0 Å². The van der Waals surface area contributed by atoms with Crippen LogP contribution in [0.4, 0.5) is 18.9 Å². The molecule has 1 aliphatic heterocycles. The van der Waals surface area contributed by atoms with E-state index in [9.17, 15) is 18.0 Å². The van der Waals surface area contributed by atoms with Crippen molar-refractivity contribution in [2.75, 3.05) is 18.0 Å². The average molecular weight is 274 g/mol. The topological polar surface area (TPSA) is 53.4 Å². The second kappa shape index (κ2) is 5.07. The van der Waals surface area contributed by atoms with Crippen LogP contribution < -0.4 is 4.90 Å². The third-order valence-corrected chi connectivity index (χ3v) is 3.21. The molecule has 1 unspecified atom stereocenters. The van der Waals surface area contributed by atoms with Gasteiger partial charge >= 0.3 is 12.1 Å². The van der Waals surface area contributed by atoms with Crippen LogP contribution in [0.2, 0.25) is 0 Å². The van der Waals surface area contributed by atoms with Gasteiger partial charge in [0.05, 0.1) is 11.6 Å². The van der Waals surface area contributed by atoms with Crippen LogP contribution in [-0.4, -0.2) is 35.3 Å². The Hall–Kier alpha value is -1.79. The third-order valence-electron chi connectivity index (χ3n) is 3.21. The van der Waals surface area contributed by atoms with Crippen molar-refractivity contribution < 1.29 is 23.1 Å². The quantitative estimate of drug-likeness (QED) is 0.900. The summed E-state index contributed by atoms with van der Waals surface area (Å²) in [5, 5.41) is 9.01. The van der Waals surface area contributed by atoms with Crippen molar-refractivity contribution >= 4 is 11.7 Å². The molecule has 0 saturated carbocycles. The number of alkyl halides is 3. The Morgan fingerprint density at radius 2 is 2.21 bits per heavy atom. The van der Waals surface area contributed by atoms with Gasteiger partial charge < -0.3 is 10.0 Å². The fraction of sp³-hybridized carbons (Fsp3) is 0.500. The van der Waals surface area contributed by atoms with Gasteiger partial charge in [-0.25, -0.2) is 9.78 Å². The van der Waals surface area contributed by atoms with Crippen LogP contribution in [0.5, 0.6) is 0 Å². The number of hydrogen-bond acceptors (Lipinski definition) is 3. The highest BCUT2D eigenvalue weighted by Crippen LogP contribution is 2.35. The number of pyridine rings is 1. The number of piperidine rings is 1. The van der Waals surface area contributed by atoms with Crippen molar-refractivity contribution in [3.05, 3.63) is 24.0 Å². The monoisotopic (exact) mass is 274 g/mol. The van der Waals surface area contributed by atoms with Crippen LogP contribution >= 0.6 is 0 Å². The lowest BCUT2D eigenvalue weighted by Gasteiger charge is -2.35. The van der Waals surface area contributed by atoms with E-state index in [1.807, 2.05) is 0 Å². The first-order valence-corrected chi connectivity index (χ1v) is 5.89. The van der Waals surface area contributed by atoms with Gasteiger partial charge in [-0.3, -0.25) is 0 Å². The van der Waals surface area contributed by atoms with E-state index in [1.165, 1.54) is 23.2 Å². The number of halogens is 3. The number of hydrogen-bond donors (Lipinski definition) is 1. The van der Waals surface area contributed by atoms with Gasteiger partial charge in [0.15, 0.2) is 5.69 Å². The smallest absolute Gasteiger partial charge is 0.393 e. The van der Waals surface area contributed by atoms with Gasteiger partial charge in [-0.15, -0.1) is 0 Å². The largest absolute Gasteiger partial charge is 0.476 e. The number of nitrogens with zero attached hydrogens (tertiary/aromatic N) is 2. The lowest BCUT2D eigenvalue weighted by molar-refractivity contribution is -0.175. The highest BCUT2D eigenvalue weighted by molar-refractivity contribution is 5.92. The maximum absolute atomic E-state index is 12.7. The van der Waals surface area contributed by atoms with Crippen LogP contribution in [0.25, 0.3) is 0 Å². The number of aromatic carboxylic acids is 1. The number of anilines is 1. The maximum atomic E-state index is 12.7. The van der Waals surface area contributed by atoms with E-state index in [1.54, 1.807) is 0 Å². The Labute approximate surface area is 107 Å². The van der Waals surface area contributed by atoms with Gasteiger partial charge in [0.2, 0.25) is 0 Å². The molecule has 104 valence electrons. The number of rotatable bonds is 2. The number of carbonyl (C=O) groups is 1. The minimum absolute atomic E-state index is 0.0860. The highest BCUT2D eigenvalue weighted by Gasteiger charge is 2.42. The van der Waals surface area contributed by atoms with E-state index in [-0.39, 0.29) is 24.3 Å². The Balaban J connectivity index is 2.25. The number of carboxylic acid groups (broad SMARTS) is 1. The lowest BCUT2D eigenvalue weighted by atomic mass is 9.97. The van der Waals surface area contributed by atoms with Crippen LogP contribution in [-0.2, 0) is 0 Å². The summed E-state index contributed by atoms with van der Waals surface area (Å²) < 4.78 is 38.2. The summed E-state index contributed by atoms with van der Waals surface area (Å²) >= 11 is 0. The summed E-state index contributed by atoms with van der Waals surface area (Å²) in [6.07, 6.45) is -2.46. The van der Waals surface area contributed by atoms with Crippen molar-refractivity contribution in [3.8, 4) is 0 Å². The van der Waals surface area contributed by atoms with Crippen molar-refractivity contribution in [1.82, 2.24) is 4.98 Å². The molecule has 2 rings (SSSR count). The summed E-state index contributed by atoms with van der Waals surface area (Å²) in [6, 6.07) is 3.02. The molecule has 1 saturated heterocycles. The Kier molecular flexibility index (Phi) is 3.64. The number of carboxylic acids is 1. The Morgan fingerprint density at radius 1 is 1.47 bits per heavy atom. The first-order chi connectivity index (χ1) is 8.89. The molecule has 7 heteroatoms. The van der Waals surface area contributed by atoms with E-state index in [0.29, 0.717) is 13.0 Å². The van der Waals surface area contributed by atoms with Crippen LogP contribution in [0.15, 0.2) is 18.3 Å². The SMILES string of the molecule is O=C(O)c1ncccc1N1CCCC(C(F)(F)F)C1. The van der Waals surface area contributed by atoms with Gasteiger partial charge in [-0.05, 0) is 25.0 Å². The van der Waals surface area contributed by atoms with E-state index in [0.717, 1.165) is 0 Å². The standard InChI is InChI=1S/C12H13F3N2O2/c13-12(14,15)8-3-2-6-17(7-8)9-4-1-5-16-10(9)11(18)19/h1,4-5,8H,2-3,6-7H2,(H,18,19). The molecule has 4 nitrogen and oxygen atoms in total. The van der Waals surface area contributed by atoms with Crippen LogP contribution in [0, 0.1) is 5.92 Å². The highest BCUT2D eigenvalue weighted by atomic mass is 19.4. The van der Waals surface area contributed by atoms with Crippen molar-refractivity contribution in [2.24, 2.45) is 5.92 Å². The molecule has 2 heterocycles. The van der Waals surface area contributed by atoms with Crippen molar-refractivity contribution in [3.63, 3.8) is 0 Å². The zero-order valence-electron chi connectivity index (χ0n) is 10.0. The fourth-order valence-corrected chi connectivity index (χ4v) is 2.28. The maximum Gasteiger partial charge on any atom is 0.393 e. The van der Waals surface area contributed by atoms with Crippen LogP contribution in [0.1, 0.15) is 23.3 Å². The zero-order chi connectivity index (χ0) is 14.0. The molecule has 1 aliphatic rings. The molecule has 1 aromatic rings. The third kappa shape index (κ3) is 2.97. The fourth-order valence-electron chi connectivity index (χ4n) is 2.28. The van der Waals surface area contributed by atoms with Gasteiger partial charge in [0.25, 0.3) is 0 Å². The van der Waals surface area contributed by atoms with E-state index >= 15 is 0 Å². The van der Waals surface area contributed by atoms with Gasteiger partial charge in [0.1, 0.15) is 0 Å². The molecule has 1 fully saturated rings. The molecular formula is C12H13F3N2O2. The predicted octanol–water partition coefficient (Wildman–Crippen LogP) is 2.56. The molecule has 19 heavy (non-hydrogen) atoms. The van der Waals surface area contributed by atoms with Crippen molar-refractivity contribution in [1.29, 1.82) is 0 Å². The molecule has 1 atom stereocenters. The molecule has 1 N–H and O–H groups in total. The lowest BCUT2D eigenvalue weighted by Crippen LogP contribution is -2.42. The van der Waals surface area contributed by atoms with Gasteiger partial charge in [0, 0.05) is 19.3 Å². The van der Waals surface area contributed by atoms with Gasteiger partial charge in [-0.2, -0.15) is 13.2 Å². The normalized spacial score (nSPS) is 20.4. The Morgan fingerprint density at radius 3 is 2.84 bits per heavy atom. The zero-order valence-corrected chi connectivity index (χ0v) is 10.0. The summed E-state index contributed by atoms with van der Waals surface area (Å²) in [7, 11) is 0. The number of aromatic nitrogens is 1. The summed E-state index contributed by atoms with van der Waals surface area (Å²) in [6.45, 7) is 0.202. The minimum atomic E-state index is -4.25. The molecular weight excluding hydrogens is 261 g/mol. The summed E-state index contributed by atoms with van der Waals surface area (Å²) in [5.74, 6) is -2.65. The summed E-state index contributed by atoms with van der Waals surface area (Å²) in [4.78, 5) is 16.2. The molecule has 0 aliphatic carbocycles. The Bertz CT molecular complexity index is 476. The second-order valence-electron chi connectivity index (χ2n) is 4.50. The predicted molar refractivity (Wildman–Crippen MR) is 62.2 cm³/mol. The summed E-state index contributed by atoms with van der Waals surface area (Å²) in [5.41, 5.74) is 0.0503. The first-order valence-electron chi connectivity index (χ1n) is 5.89. The van der Waals surface area contributed by atoms with E-state index in [4.69, 9.17) is 5.11 Å². The van der Waals surface area contributed by atoms with E-state index < -0.39 is 18.1 Å². The van der Waals surface area contributed by atoms with Gasteiger partial charge in [-0.1, -0.05) is 0 Å². The molecule has 0 amide bonds. The first kappa shape index (κ1) is 13.6. The molecule has 0 bridgehead atoms. The minimum Gasteiger partial charge on any atom is -0.476 e. The average Bonchev–Trinajstić information content (AvgIpc) is 2.38. The molecule has 0 radical (unpaired) electrons. The van der Waals surface area contributed by atoms with Crippen molar-refractivity contribution in [2.45, 2.75) is 19.0 Å². The molecule has 1 aromatic heterocycles. The molecule has 0 spiro atoms. The molecule has 0 aromatic carbocycles. The second-order valence-corrected chi connectivity index (χ2v) is 4.50. The van der Waals surface area contributed by atoms with E-state index in [2.05, 4.69) is 4.98 Å².